The molecular weight excluding hydrogens is 539 g/mol. The number of benzene rings is 2. The summed E-state index contributed by atoms with van der Waals surface area (Å²) in [5, 5.41) is 20.4. The zero-order valence-electron chi connectivity index (χ0n) is 19.0. The predicted octanol–water partition coefficient (Wildman–Crippen LogP) is 6.42. The van der Waals surface area contributed by atoms with Gasteiger partial charge in [-0.25, -0.2) is 0 Å². The molecular formula is C24H18Cl2N6O2S2. The molecule has 0 atom stereocenters. The number of thiocarbonyl (C=S) groups is 1. The molecule has 0 saturated heterocycles. The van der Waals surface area contributed by atoms with Crippen molar-refractivity contribution in [3.05, 3.63) is 75.7 Å². The molecule has 8 nitrogen and oxygen atoms in total. The number of hydrogen-bond acceptors (Lipinski definition) is 7. The van der Waals surface area contributed by atoms with Crippen LogP contribution < -0.4 is 10.6 Å². The molecule has 0 aliphatic rings. The first kappa shape index (κ1) is 24.4. The number of furan rings is 1. The highest BCUT2D eigenvalue weighted by molar-refractivity contribution is 7.80. The first-order chi connectivity index (χ1) is 17.3. The van der Waals surface area contributed by atoms with Crippen molar-refractivity contribution < 1.29 is 9.21 Å². The van der Waals surface area contributed by atoms with Gasteiger partial charge < -0.3 is 9.73 Å². The van der Waals surface area contributed by atoms with Crippen molar-refractivity contribution in [1.29, 1.82) is 0 Å². The summed E-state index contributed by atoms with van der Waals surface area (Å²) in [6, 6.07) is 14.2. The summed E-state index contributed by atoms with van der Waals surface area (Å²) in [5.74, 6) is 0.849. The Morgan fingerprint density at radius 1 is 1.17 bits per heavy atom. The van der Waals surface area contributed by atoms with Crippen molar-refractivity contribution in [1.82, 2.24) is 25.1 Å². The highest BCUT2D eigenvalue weighted by Crippen LogP contribution is 2.34. The fourth-order valence-corrected chi connectivity index (χ4v) is 5.00. The molecule has 0 aliphatic carbocycles. The number of carbonyl (C=O) groups is 1. The van der Waals surface area contributed by atoms with Crippen molar-refractivity contribution in [3.63, 3.8) is 0 Å². The van der Waals surface area contributed by atoms with Gasteiger partial charge >= 0.3 is 0 Å². The summed E-state index contributed by atoms with van der Waals surface area (Å²) in [5.41, 5.74) is 3.23. The Hall–Kier alpha value is -3.31. The van der Waals surface area contributed by atoms with E-state index >= 15 is 0 Å². The van der Waals surface area contributed by atoms with Gasteiger partial charge in [0.1, 0.15) is 10.8 Å². The number of halogens is 2. The lowest BCUT2D eigenvalue weighted by Crippen LogP contribution is -2.34. The maximum absolute atomic E-state index is 12.7. The molecule has 2 aromatic carbocycles. The second-order valence-electron chi connectivity index (χ2n) is 7.77. The number of aryl methyl sites for hydroxylation is 2. The molecule has 0 bridgehead atoms. The van der Waals surface area contributed by atoms with E-state index in [1.807, 2.05) is 32.0 Å². The number of rotatable bonds is 5. The molecule has 36 heavy (non-hydrogen) atoms. The first-order valence-electron chi connectivity index (χ1n) is 10.8. The Balaban J connectivity index is 1.26. The van der Waals surface area contributed by atoms with Gasteiger partial charge in [-0.2, -0.15) is 9.61 Å². The number of nitrogens with zero attached hydrogens (tertiary/aromatic N) is 4. The van der Waals surface area contributed by atoms with Gasteiger partial charge in [-0.3, -0.25) is 10.1 Å². The van der Waals surface area contributed by atoms with Crippen LogP contribution in [0.1, 0.15) is 28.9 Å². The van der Waals surface area contributed by atoms with Crippen molar-refractivity contribution in [3.8, 4) is 21.9 Å². The molecule has 0 saturated carbocycles. The van der Waals surface area contributed by atoms with E-state index in [4.69, 9.17) is 39.8 Å². The molecule has 182 valence electrons. The Morgan fingerprint density at radius 2 is 2.00 bits per heavy atom. The van der Waals surface area contributed by atoms with Gasteiger partial charge in [0.15, 0.2) is 16.7 Å². The van der Waals surface area contributed by atoms with Crippen LogP contribution in [0.2, 0.25) is 10.0 Å². The Kier molecular flexibility index (Phi) is 6.76. The zero-order valence-corrected chi connectivity index (χ0v) is 22.1. The standard InChI is InChI=1S/C24H18Cl2N6O2S2/c1-3-19-29-30-24-32(19)31-22(36-24)13-7-8-16(12(2)11-13)27-23(35)28-21(33)18-10-9-17(34-18)14-5-4-6-15(25)20(14)26/h4-11H,3H2,1-2H3,(H2,27,28,33,35). The number of aromatic nitrogens is 4. The van der Waals surface area contributed by atoms with E-state index in [1.165, 1.54) is 11.3 Å². The normalized spacial score (nSPS) is 11.1. The van der Waals surface area contributed by atoms with Gasteiger partial charge in [0.25, 0.3) is 5.91 Å². The van der Waals surface area contributed by atoms with Crippen molar-refractivity contribution in [2.45, 2.75) is 20.3 Å². The van der Waals surface area contributed by atoms with Crippen molar-refractivity contribution in [2.24, 2.45) is 0 Å². The van der Waals surface area contributed by atoms with Gasteiger partial charge in [0.2, 0.25) is 4.96 Å². The minimum atomic E-state index is -0.488. The highest BCUT2D eigenvalue weighted by atomic mass is 35.5. The van der Waals surface area contributed by atoms with E-state index in [2.05, 4.69) is 25.9 Å². The Bertz CT molecular complexity index is 1620. The third kappa shape index (κ3) is 4.72. The number of anilines is 1. The summed E-state index contributed by atoms with van der Waals surface area (Å²) in [6.45, 7) is 3.96. The molecule has 0 unspecified atom stereocenters. The molecule has 0 aliphatic heterocycles. The quantitative estimate of drug-likeness (QED) is 0.241. The van der Waals surface area contributed by atoms with Crippen molar-refractivity contribution in [2.75, 3.05) is 5.32 Å². The lowest BCUT2D eigenvalue weighted by atomic mass is 10.1. The van der Waals surface area contributed by atoms with Crippen LogP contribution in [-0.2, 0) is 6.42 Å². The van der Waals surface area contributed by atoms with Gasteiger partial charge in [0.05, 0.1) is 10.0 Å². The van der Waals surface area contributed by atoms with Gasteiger partial charge in [-0.1, -0.05) is 47.5 Å². The maximum Gasteiger partial charge on any atom is 0.293 e. The van der Waals surface area contributed by atoms with Crippen LogP contribution in [0.3, 0.4) is 0 Å². The minimum Gasteiger partial charge on any atom is -0.451 e. The molecule has 5 rings (SSSR count). The number of carbonyl (C=O) groups excluding carboxylic acids is 1. The number of fused-ring (bicyclic) bond motifs is 1. The summed E-state index contributed by atoms with van der Waals surface area (Å²) < 4.78 is 7.45. The topological polar surface area (TPSA) is 97.3 Å². The SMILES string of the molecule is CCc1nnc2sc(-c3ccc(NC(=S)NC(=O)c4ccc(-c5cccc(Cl)c5Cl)o4)c(C)c3)nn12. The molecule has 0 spiro atoms. The smallest absolute Gasteiger partial charge is 0.293 e. The fraction of sp³-hybridized carbons (Fsp3) is 0.125. The van der Waals surface area contributed by atoms with E-state index in [0.717, 1.165) is 39.0 Å². The van der Waals surface area contributed by atoms with Crippen molar-refractivity contribution >= 4 is 68.4 Å². The minimum absolute atomic E-state index is 0.0898. The van der Waals surface area contributed by atoms with E-state index in [0.29, 0.717) is 21.4 Å². The second kappa shape index (κ2) is 9.98. The summed E-state index contributed by atoms with van der Waals surface area (Å²) >= 11 is 19.1. The first-order valence-corrected chi connectivity index (χ1v) is 12.8. The molecule has 0 radical (unpaired) electrons. The maximum atomic E-state index is 12.7. The lowest BCUT2D eigenvalue weighted by molar-refractivity contribution is 0.0951. The van der Waals surface area contributed by atoms with Crippen LogP contribution in [0.4, 0.5) is 5.69 Å². The largest absolute Gasteiger partial charge is 0.451 e. The monoisotopic (exact) mass is 556 g/mol. The van der Waals surface area contributed by atoms with Gasteiger partial charge in [0, 0.05) is 23.2 Å². The molecule has 2 N–H and O–H groups in total. The van der Waals surface area contributed by atoms with Gasteiger partial charge in [-0.15, -0.1) is 10.2 Å². The van der Waals surface area contributed by atoms with Crippen LogP contribution in [-0.4, -0.2) is 30.8 Å². The Labute approximate surface area is 225 Å². The molecule has 3 aromatic heterocycles. The second-order valence-corrected chi connectivity index (χ2v) is 9.92. The average molecular weight is 557 g/mol. The van der Waals surface area contributed by atoms with Crippen LogP contribution in [0.15, 0.2) is 52.9 Å². The average Bonchev–Trinajstić information content (AvgIpc) is 3.58. The third-order valence-corrected chi connectivity index (χ3v) is 7.34. The van der Waals surface area contributed by atoms with E-state index < -0.39 is 5.91 Å². The molecule has 3 heterocycles. The summed E-state index contributed by atoms with van der Waals surface area (Å²) in [7, 11) is 0. The molecule has 5 aromatic rings. The number of nitrogens with one attached hydrogen (secondary N) is 2. The van der Waals surface area contributed by atoms with E-state index in [1.54, 1.807) is 34.8 Å². The van der Waals surface area contributed by atoms with Crippen LogP contribution in [0, 0.1) is 6.92 Å². The zero-order chi connectivity index (χ0) is 25.4. The number of amides is 1. The van der Waals surface area contributed by atoms with E-state index in [9.17, 15) is 4.79 Å². The van der Waals surface area contributed by atoms with Gasteiger partial charge in [-0.05, 0) is 67.2 Å². The summed E-state index contributed by atoms with van der Waals surface area (Å²) in [4.78, 5) is 13.4. The lowest BCUT2D eigenvalue weighted by Gasteiger charge is -2.12. The van der Waals surface area contributed by atoms with Crippen LogP contribution >= 0.6 is 46.8 Å². The van der Waals surface area contributed by atoms with Crippen LogP contribution in [0.5, 0.6) is 0 Å². The predicted molar refractivity (Wildman–Crippen MR) is 146 cm³/mol. The molecule has 12 heteroatoms. The molecule has 1 amide bonds. The summed E-state index contributed by atoms with van der Waals surface area (Å²) in [6.07, 6.45) is 0.753. The van der Waals surface area contributed by atoms with Crippen LogP contribution in [0.25, 0.3) is 26.9 Å². The molecule has 0 fully saturated rings. The third-order valence-electron chi connectivity index (χ3n) is 5.37. The number of hydrogen-bond donors (Lipinski definition) is 2. The fourth-order valence-electron chi connectivity index (χ4n) is 3.55. The highest BCUT2D eigenvalue weighted by Gasteiger charge is 2.17. The Morgan fingerprint density at radius 3 is 2.78 bits per heavy atom. The van der Waals surface area contributed by atoms with E-state index in [-0.39, 0.29) is 10.9 Å².